The molecule has 2 atom stereocenters. The summed E-state index contributed by atoms with van der Waals surface area (Å²) in [6.45, 7) is 4.53. The van der Waals surface area contributed by atoms with Crippen LogP contribution in [0.25, 0.3) is 0 Å². The van der Waals surface area contributed by atoms with Crippen molar-refractivity contribution in [3.63, 3.8) is 0 Å². The maximum Gasteiger partial charge on any atom is 0.0878 e. The van der Waals surface area contributed by atoms with E-state index >= 15 is 0 Å². The molecule has 0 aliphatic carbocycles. The van der Waals surface area contributed by atoms with Gasteiger partial charge in [-0.15, -0.1) is 11.6 Å². The van der Waals surface area contributed by atoms with E-state index in [1.54, 1.807) is 0 Å². The van der Waals surface area contributed by atoms with Crippen LogP contribution in [0.3, 0.4) is 0 Å². The summed E-state index contributed by atoms with van der Waals surface area (Å²) in [7, 11) is 0. The number of unbranched alkanes of at least 4 members (excludes halogenated alkanes) is 5. The molecule has 0 saturated carbocycles. The van der Waals surface area contributed by atoms with Gasteiger partial charge in [-0.05, 0) is 18.8 Å². The van der Waals surface area contributed by atoms with Crippen molar-refractivity contribution in [3.05, 3.63) is 0 Å². The maximum absolute atomic E-state index is 6.21. The topological polar surface area (TPSA) is 0 Å². The molecule has 0 rings (SSSR count). The second-order valence-electron chi connectivity index (χ2n) is 4.44. The first-order valence-corrected chi connectivity index (χ1v) is 8.18. The van der Waals surface area contributed by atoms with Crippen LogP contribution in [-0.2, 0) is 0 Å². The molecule has 0 aromatic carbocycles. The van der Waals surface area contributed by atoms with Crippen LogP contribution in [0, 0.1) is 5.92 Å². The van der Waals surface area contributed by atoms with Crippen LogP contribution in [0.15, 0.2) is 0 Å². The van der Waals surface area contributed by atoms with Crippen LogP contribution >= 0.6 is 34.2 Å². The molecule has 0 aliphatic rings. The van der Waals surface area contributed by atoms with Crippen molar-refractivity contribution >= 4 is 34.2 Å². The summed E-state index contributed by atoms with van der Waals surface area (Å²) < 4.78 is 0.334. The monoisotopic (exact) mass is 344 g/mol. The smallest absolute Gasteiger partial charge is 0.0878 e. The van der Waals surface area contributed by atoms with Gasteiger partial charge >= 0.3 is 0 Å². The zero-order valence-corrected chi connectivity index (χ0v) is 13.2. The zero-order chi connectivity index (χ0) is 11.5. The van der Waals surface area contributed by atoms with Crippen molar-refractivity contribution in [2.24, 2.45) is 5.92 Å². The third-order valence-electron chi connectivity index (χ3n) is 2.96. The normalized spacial score (nSPS) is 15.2. The van der Waals surface area contributed by atoms with Crippen LogP contribution < -0.4 is 0 Å². The second kappa shape index (κ2) is 11.5. The lowest BCUT2D eigenvalue weighted by molar-refractivity contribution is 0.441. The minimum atomic E-state index is 0.334. The van der Waals surface area contributed by atoms with Gasteiger partial charge in [-0.3, -0.25) is 0 Å². The lowest BCUT2D eigenvalue weighted by Crippen LogP contribution is -2.08. The SMILES string of the molecule is CCCCCCC[C@H](CCCC)C(Cl)I. The molecular formula is C13H26ClI. The predicted molar refractivity (Wildman–Crippen MR) is 80.1 cm³/mol. The second-order valence-corrected chi connectivity index (χ2v) is 6.99. The largest absolute Gasteiger partial charge is 0.111 e. The molecule has 0 bridgehead atoms. The van der Waals surface area contributed by atoms with Gasteiger partial charge in [0, 0.05) is 0 Å². The van der Waals surface area contributed by atoms with Crippen molar-refractivity contribution in [2.45, 2.75) is 75.0 Å². The van der Waals surface area contributed by atoms with Gasteiger partial charge in [0.1, 0.15) is 0 Å². The van der Waals surface area contributed by atoms with Gasteiger partial charge in [-0.2, -0.15) is 0 Å². The average molecular weight is 345 g/mol. The Balaban J connectivity index is 3.48. The quantitative estimate of drug-likeness (QED) is 0.253. The van der Waals surface area contributed by atoms with Gasteiger partial charge in [-0.25, -0.2) is 0 Å². The first-order chi connectivity index (χ1) is 7.22. The Kier molecular flexibility index (Phi) is 12.3. The van der Waals surface area contributed by atoms with E-state index < -0.39 is 0 Å². The summed E-state index contributed by atoms with van der Waals surface area (Å²) in [5.41, 5.74) is 0. The number of hydrogen-bond donors (Lipinski definition) is 0. The van der Waals surface area contributed by atoms with Crippen molar-refractivity contribution in [1.29, 1.82) is 0 Å². The van der Waals surface area contributed by atoms with Crippen LogP contribution in [0.1, 0.15) is 71.6 Å². The molecule has 0 heterocycles. The Hall–Kier alpha value is 1.02. The third-order valence-corrected chi connectivity index (χ3v) is 4.34. The first kappa shape index (κ1) is 16.0. The van der Waals surface area contributed by atoms with E-state index in [9.17, 15) is 0 Å². The predicted octanol–water partition coefficient (Wildman–Crippen LogP) is 6.15. The highest BCUT2D eigenvalue weighted by Gasteiger charge is 2.15. The molecule has 0 fully saturated rings. The maximum atomic E-state index is 6.21. The van der Waals surface area contributed by atoms with Gasteiger partial charge in [0.25, 0.3) is 0 Å². The first-order valence-electron chi connectivity index (χ1n) is 6.50. The van der Waals surface area contributed by atoms with Crippen LogP contribution in [0.5, 0.6) is 0 Å². The molecule has 0 N–H and O–H groups in total. The molecule has 0 saturated heterocycles. The van der Waals surface area contributed by atoms with Gasteiger partial charge < -0.3 is 0 Å². The Morgan fingerprint density at radius 3 is 1.93 bits per heavy atom. The Morgan fingerprint density at radius 1 is 0.867 bits per heavy atom. The van der Waals surface area contributed by atoms with E-state index in [0.29, 0.717) is 3.38 Å². The molecule has 92 valence electrons. The molecule has 0 aliphatic heterocycles. The summed E-state index contributed by atoms with van der Waals surface area (Å²) in [6.07, 6.45) is 12.2. The van der Waals surface area contributed by atoms with E-state index in [2.05, 4.69) is 36.4 Å². The molecule has 2 heteroatoms. The van der Waals surface area contributed by atoms with Gasteiger partial charge in [0.2, 0.25) is 0 Å². The molecule has 0 nitrogen and oxygen atoms in total. The Bertz CT molecular complexity index is 126. The summed E-state index contributed by atoms with van der Waals surface area (Å²) in [5.74, 6) is 0.744. The molecule has 0 aromatic rings. The van der Waals surface area contributed by atoms with Crippen molar-refractivity contribution < 1.29 is 0 Å². The lowest BCUT2D eigenvalue weighted by Gasteiger charge is -2.17. The number of halogens is 2. The molecule has 0 amide bonds. The Morgan fingerprint density at radius 2 is 1.40 bits per heavy atom. The Labute approximate surface area is 115 Å². The van der Waals surface area contributed by atoms with Crippen molar-refractivity contribution in [2.75, 3.05) is 0 Å². The highest BCUT2D eigenvalue weighted by atomic mass is 127. The fourth-order valence-electron chi connectivity index (χ4n) is 1.87. The molecule has 0 aromatic heterocycles. The van der Waals surface area contributed by atoms with Gasteiger partial charge in [0.15, 0.2) is 0 Å². The molecule has 0 radical (unpaired) electrons. The van der Waals surface area contributed by atoms with E-state index in [4.69, 9.17) is 11.6 Å². The molecule has 15 heavy (non-hydrogen) atoms. The number of rotatable bonds is 10. The highest BCUT2D eigenvalue weighted by Crippen LogP contribution is 2.28. The van der Waals surface area contributed by atoms with Gasteiger partial charge in [0.05, 0.1) is 3.38 Å². The zero-order valence-electron chi connectivity index (χ0n) is 10.3. The number of alkyl halides is 2. The fraction of sp³-hybridized carbons (Fsp3) is 1.00. The van der Waals surface area contributed by atoms with E-state index in [1.807, 2.05) is 0 Å². The van der Waals surface area contributed by atoms with E-state index in [0.717, 1.165) is 5.92 Å². The lowest BCUT2D eigenvalue weighted by atomic mass is 9.97. The standard InChI is InChI=1S/C13H26ClI/c1-3-5-7-8-9-11-12(13(14)15)10-6-4-2/h12-13H,3-11H2,1-2H3/t12-,13?/m0/s1. The third kappa shape index (κ3) is 9.92. The summed E-state index contributed by atoms with van der Waals surface area (Å²) >= 11 is 8.58. The average Bonchev–Trinajstić information content (AvgIpc) is 2.21. The van der Waals surface area contributed by atoms with Crippen LogP contribution in [0.2, 0.25) is 0 Å². The molecule has 1 unspecified atom stereocenters. The van der Waals surface area contributed by atoms with E-state index in [1.165, 1.54) is 57.8 Å². The van der Waals surface area contributed by atoms with Gasteiger partial charge in [-0.1, -0.05) is 81.4 Å². The molecular weight excluding hydrogens is 318 g/mol. The summed E-state index contributed by atoms with van der Waals surface area (Å²) in [4.78, 5) is 0. The van der Waals surface area contributed by atoms with Crippen LogP contribution in [-0.4, -0.2) is 3.38 Å². The minimum absolute atomic E-state index is 0.334. The number of hydrogen-bond acceptors (Lipinski definition) is 0. The summed E-state index contributed by atoms with van der Waals surface area (Å²) in [5, 5.41) is 0. The van der Waals surface area contributed by atoms with Crippen molar-refractivity contribution in [3.8, 4) is 0 Å². The summed E-state index contributed by atoms with van der Waals surface area (Å²) in [6, 6.07) is 0. The fourth-order valence-corrected chi connectivity index (χ4v) is 2.84. The van der Waals surface area contributed by atoms with Crippen LogP contribution in [0.4, 0.5) is 0 Å². The van der Waals surface area contributed by atoms with Crippen molar-refractivity contribution in [1.82, 2.24) is 0 Å². The minimum Gasteiger partial charge on any atom is -0.111 e. The molecule has 0 spiro atoms. The van der Waals surface area contributed by atoms with E-state index in [-0.39, 0.29) is 0 Å². The highest BCUT2D eigenvalue weighted by molar-refractivity contribution is 14.1.